The quantitative estimate of drug-likeness (QED) is 0.875. The summed E-state index contributed by atoms with van der Waals surface area (Å²) < 4.78 is 5.28. The van der Waals surface area contributed by atoms with Crippen LogP contribution in [0.25, 0.3) is 0 Å². The standard InChI is InChI=1S/C12H21N3OS/c1-12(2,8-13)11-14-10(15-16-11)7-17-9-5-3-4-6-9/h9H,3-8,13H2,1-2H3. The average Bonchev–Trinajstić information content (AvgIpc) is 2.97. The molecule has 4 nitrogen and oxygen atoms in total. The zero-order valence-electron chi connectivity index (χ0n) is 10.6. The van der Waals surface area contributed by atoms with Crippen molar-refractivity contribution in [2.45, 2.75) is 55.9 Å². The highest BCUT2D eigenvalue weighted by Gasteiger charge is 2.26. The van der Waals surface area contributed by atoms with E-state index < -0.39 is 0 Å². The molecule has 0 unspecified atom stereocenters. The number of nitrogens with two attached hydrogens (primary N) is 1. The molecule has 0 bridgehead atoms. The molecule has 0 atom stereocenters. The predicted molar refractivity (Wildman–Crippen MR) is 69.9 cm³/mol. The van der Waals surface area contributed by atoms with Crippen molar-refractivity contribution in [3.63, 3.8) is 0 Å². The summed E-state index contributed by atoms with van der Waals surface area (Å²) in [7, 11) is 0. The van der Waals surface area contributed by atoms with E-state index in [1.807, 2.05) is 25.6 Å². The van der Waals surface area contributed by atoms with Crippen LogP contribution in [0, 0.1) is 0 Å². The van der Waals surface area contributed by atoms with Gasteiger partial charge in [-0.25, -0.2) is 0 Å². The Balaban J connectivity index is 1.89. The summed E-state index contributed by atoms with van der Waals surface area (Å²) in [6, 6.07) is 0. The summed E-state index contributed by atoms with van der Waals surface area (Å²) in [4.78, 5) is 4.44. The highest BCUT2D eigenvalue weighted by atomic mass is 32.2. The van der Waals surface area contributed by atoms with E-state index in [2.05, 4.69) is 10.1 Å². The van der Waals surface area contributed by atoms with Crippen LogP contribution in [0.5, 0.6) is 0 Å². The first-order valence-corrected chi connectivity index (χ1v) is 7.31. The molecule has 1 saturated carbocycles. The maximum atomic E-state index is 5.69. The molecule has 17 heavy (non-hydrogen) atoms. The molecule has 0 aliphatic heterocycles. The van der Waals surface area contributed by atoms with Gasteiger partial charge in [0.25, 0.3) is 0 Å². The van der Waals surface area contributed by atoms with Crippen LogP contribution in [0.15, 0.2) is 4.52 Å². The van der Waals surface area contributed by atoms with Crippen molar-refractivity contribution in [3.8, 4) is 0 Å². The maximum Gasteiger partial charge on any atom is 0.233 e. The van der Waals surface area contributed by atoms with Crippen LogP contribution in [0.1, 0.15) is 51.2 Å². The normalized spacial score (nSPS) is 17.8. The second-order valence-electron chi connectivity index (χ2n) is 5.32. The summed E-state index contributed by atoms with van der Waals surface area (Å²) in [6.45, 7) is 4.56. The molecule has 1 aromatic heterocycles. The first kappa shape index (κ1) is 12.9. The van der Waals surface area contributed by atoms with Gasteiger partial charge in [-0.15, -0.1) is 0 Å². The van der Waals surface area contributed by atoms with Gasteiger partial charge in [0.1, 0.15) is 0 Å². The van der Waals surface area contributed by atoms with Gasteiger partial charge in [0.05, 0.1) is 11.2 Å². The Bertz CT molecular complexity index is 358. The van der Waals surface area contributed by atoms with Crippen LogP contribution in [-0.2, 0) is 11.2 Å². The van der Waals surface area contributed by atoms with Crippen LogP contribution in [-0.4, -0.2) is 21.9 Å². The van der Waals surface area contributed by atoms with E-state index in [9.17, 15) is 0 Å². The monoisotopic (exact) mass is 255 g/mol. The summed E-state index contributed by atoms with van der Waals surface area (Å²) >= 11 is 1.95. The molecular formula is C12H21N3OS. The molecule has 0 radical (unpaired) electrons. The Morgan fingerprint density at radius 1 is 1.41 bits per heavy atom. The topological polar surface area (TPSA) is 64.9 Å². The van der Waals surface area contributed by atoms with E-state index in [4.69, 9.17) is 10.3 Å². The molecule has 0 amide bonds. The largest absolute Gasteiger partial charge is 0.339 e. The SMILES string of the molecule is CC(C)(CN)c1nc(CSC2CCCC2)no1. The number of aromatic nitrogens is 2. The highest BCUT2D eigenvalue weighted by molar-refractivity contribution is 7.99. The maximum absolute atomic E-state index is 5.69. The lowest BCUT2D eigenvalue weighted by molar-refractivity contribution is 0.309. The van der Waals surface area contributed by atoms with Crippen molar-refractivity contribution in [2.75, 3.05) is 6.54 Å². The summed E-state index contributed by atoms with van der Waals surface area (Å²) in [5, 5.41) is 4.82. The van der Waals surface area contributed by atoms with E-state index in [0.29, 0.717) is 12.4 Å². The fourth-order valence-electron chi connectivity index (χ4n) is 1.92. The van der Waals surface area contributed by atoms with Gasteiger partial charge in [-0.05, 0) is 26.7 Å². The molecular weight excluding hydrogens is 234 g/mol. The van der Waals surface area contributed by atoms with E-state index in [1.165, 1.54) is 25.7 Å². The van der Waals surface area contributed by atoms with Crippen LogP contribution < -0.4 is 5.73 Å². The first-order valence-electron chi connectivity index (χ1n) is 6.26. The second kappa shape index (κ2) is 5.40. The Kier molecular flexibility index (Phi) is 4.09. The Hall–Kier alpha value is -0.550. The van der Waals surface area contributed by atoms with Crippen LogP contribution in [0.2, 0.25) is 0 Å². The van der Waals surface area contributed by atoms with E-state index in [1.54, 1.807) is 0 Å². The third-order valence-corrected chi connectivity index (χ3v) is 4.68. The molecule has 96 valence electrons. The van der Waals surface area contributed by atoms with Crippen LogP contribution >= 0.6 is 11.8 Å². The average molecular weight is 255 g/mol. The minimum absolute atomic E-state index is 0.219. The minimum atomic E-state index is -0.219. The van der Waals surface area contributed by atoms with Crippen molar-refractivity contribution in [1.29, 1.82) is 0 Å². The van der Waals surface area contributed by atoms with Gasteiger partial charge < -0.3 is 10.3 Å². The third kappa shape index (κ3) is 3.22. The summed E-state index contributed by atoms with van der Waals surface area (Å²) in [5.41, 5.74) is 5.47. The van der Waals surface area contributed by atoms with Crippen molar-refractivity contribution in [2.24, 2.45) is 5.73 Å². The van der Waals surface area contributed by atoms with Gasteiger partial charge >= 0.3 is 0 Å². The Morgan fingerprint density at radius 3 is 2.76 bits per heavy atom. The molecule has 0 aromatic carbocycles. The molecule has 2 N–H and O–H groups in total. The van der Waals surface area contributed by atoms with Crippen molar-refractivity contribution in [3.05, 3.63) is 11.7 Å². The van der Waals surface area contributed by atoms with Gasteiger partial charge in [0.2, 0.25) is 5.89 Å². The Labute approximate surface area is 107 Å². The van der Waals surface area contributed by atoms with Gasteiger partial charge in [0, 0.05) is 11.8 Å². The van der Waals surface area contributed by atoms with Crippen molar-refractivity contribution >= 4 is 11.8 Å². The van der Waals surface area contributed by atoms with E-state index >= 15 is 0 Å². The fraction of sp³-hybridized carbons (Fsp3) is 0.833. The van der Waals surface area contributed by atoms with Gasteiger partial charge in [-0.3, -0.25) is 0 Å². The molecule has 1 aliphatic carbocycles. The number of hydrogen-bond donors (Lipinski definition) is 1. The summed E-state index contributed by atoms with van der Waals surface area (Å²) in [5.74, 6) is 2.31. The minimum Gasteiger partial charge on any atom is -0.339 e. The third-order valence-electron chi connectivity index (χ3n) is 3.31. The van der Waals surface area contributed by atoms with Crippen molar-refractivity contribution < 1.29 is 4.52 Å². The molecule has 0 saturated heterocycles. The lowest BCUT2D eigenvalue weighted by Gasteiger charge is -2.15. The van der Waals surface area contributed by atoms with Crippen LogP contribution in [0.4, 0.5) is 0 Å². The number of hydrogen-bond acceptors (Lipinski definition) is 5. The zero-order chi connectivity index (χ0) is 12.3. The van der Waals surface area contributed by atoms with E-state index in [-0.39, 0.29) is 5.41 Å². The van der Waals surface area contributed by atoms with Gasteiger partial charge in [-0.1, -0.05) is 18.0 Å². The number of rotatable bonds is 5. The second-order valence-corrected chi connectivity index (χ2v) is 6.61. The van der Waals surface area contributed by atoms with Gasteiger partial charge in [-0.2, -0.15) is 16.7 Å². The molecule has 5 heteroatoms. The lowest BCUT2D eigenvalue weighted by atomic mass is 9.94. The zero-order valence-corrected chi connectivity index (χ0v) is 11.4. The van der Waals surface area contributed by atoms with Gasteiger partial charge in [0.15, 0.2) is 5.82 Å². The smallest absolute Gasteiger partial charge is 0.233 e. The molecule has 1 aliphatic rings. The molecule has 2 rings (SSSR count). The number of nitrogens with zero attached hydrogens (tertiary/aromatic N) is 2. The fourth-order valence-corrected chi connectivity index (χ4v) is 3.09. The van der Waals surface area contributed by atoms with E-state index in [0.717, 1.165) is 16.8 Å². The number of thioether (sulfide) groups is 1. The molecule has 1 fully saturated rings. The predicted octanol–water partition coefficient (Wildman–Crippen LogP) is 2.48. The highest BCUT2D eigenvalue weighted by Crippen LogP contribution is 2.31. The lowest BCUT2D eigenvalue weighted by Crippen LogP contribution is -2.28. The molecule has 0 spiro atoms. The molecule has 1 heterocycles. The summed E-state index contributed by atoms with van der Waals surface area (Å²) in [6.07, 6.45) is 5.41. The van der Waals surface area contributed by atoms with Crippen LogP contribution in [0.3, 0.4) is 0 Å². The molecule has 1 aromatic rings. The Morgan fingerprint density at radius 2 is 2.12 bits per heavy atom. The first-order chi connectivity index (χ1) is 8.12. The van der Waals surface area contributed by atoms with Crippen molar-refractivity contribution in [1.82, 2.24) is 10.1 Å².